The summed E-state index contributed by atoms with van der Waals surface area (Å²) in [5.74, 6) is -0.0378. The van der Waals surface area contributed by atoms with E-state index in [1.165, 1.54) is 10.5 Å². The van der Waals surface area contributed by atoms with Crippen LogP contribution in [0.3, 0.4) is 0 Å². The topological polar surface area (TPSA) is 42.2 Å². The molecule has 23 heavy (non-hydrogen) atoms. The Bertz CT molecular complexity index is 821. The van der Waals surface area contributed by atoms with Crippen LogP contribution in [-0.2, 0) is 17.6 Å². The molecule has 0 radical (unpaired) electrons. The fraction of sp³-hybridized carbons (Fsp3) is 0.211. The average Bonchev–Trinajstić information content (AvgIpc) is 2.97. The number of benzene rings is 2. The quantitative estimate of drug-likeness (QED) is 0.679. The van der Waals surface area contributed by atoms with Gasteiger partial charge in [0, 0.05) is 21.5 Å². The Morgan fingerprint density at radius 1 is 1.17 bits per heavy atom. The van der Waals surface area contributed by atoms with Gasteiger partial charge in [0.05, 0.1) is 12.7 Å². The van der Waals surface area contributed by atoms with Gasteiger partial charge in [0.2, 0.25) is 5.91 Å². The maximum atomic E-state index is 12.2. The number of rotatable bonds is 5. The molecule has 1 amide bonds. The Hall–Kier alpha value is -2.20. The lowest BCUT2D eigenvalue weighted by Gasteiger charge is -2.05. The minimum absolute atomic E-state index is 0.0378. The summed E-state index contributed by atoms with van der Waals surface area (Å²) in [6, 6.07) is 14.0. The number of carbonyl (C=O) groups excluding carboxylic acids is 1. The number of fused-ring (bicyclic) bond motifs is 1. The summed E-state index contributed by atoms with van der Waals surface area (Å²) in [7, 11) is 0. The Morgan fingerprint density at radius 2 is 1.96 bits per heavy atom. The minimum atomic E-state index is -0.0378. The van der Waals surface area contributed by atoms with Crippen LogP contribution in [0.15, 0.2) is 58.0 Å². The lowest BCUT2D eigenvalue weighted by Crippen LogP contribution is -2.14. The van der Waals surface area contributed by atoms with E-state index in [0.717, 1.165) is 28.6 Å². The van der Waals surface area contributed by atoms with Crippen molar-refractivity contribution in [3.8, 4) is 0 Å². The summed E-state index contributed by atoms with van der Waals surface area (Å²) in [6.07, 6.45) is 4.99. The molecule has 0 aliphatic rings. The summed E-state index contributed by atoms with van der Waals surface area (Å²) in [5.41, 5.74) is 3.81. The first kappa shape index (κ1) is 15.7. The molecule has 0 aliphatic carbocycles. The second-order valence-electron chi connectivity index (χ2n) is 5.40. The van der Waals surface area contributed by atoms with Gasteiger partial charge < -0.3 is 9.73 Å². The van der Waals surface area contributed by atoms with E-state index in [9.17, 15) is 4.79 Å². The summed E-state index contributed by atoms with van der Waals surface area (Å²) in [5, 5.41) is 3.94. The summed E-state index contributed by atoms with van der Waals surface area (Å²) in [4.78, 5) is 13.4. The van der Waals surface area contributed by atoms with Crippen molar-refractivity contribution >= 4 is 34.3 Å². The number of thioether (sulfide) groups is 1. The van der Waals surface area contributed by atoms with Crippen molar-refractivity contribution in [2.45, 2.75) is 24.7 Å². The summed E-state index contributed by atoms with van der Waals surface area (Å²) >= 11 is 1.68. The molecular formula is C19H19NO2S. The highest BCUT2D eigenvalue weighted by molar-refractivity contribution is 7.98. The van der Waals surface area contributed by atoms with Crippen molar-refractivity contribution < 1.29 is 9.21 Å². The molecule has 0 saturated heterocycles. The molecule has 0 bridgehead atoms. The normalized spacial score (nSPS) is 10.9. The van der Waals surface area contributed by atoms with Gasteiger partial charge in [0.1, 0.15) is 5.58 Å². The number of aryl methyl sites for hydroxylation is 1. The van der Waals surface area contributed by atoms with E-state index < -0.39 is 0 Å². The van der Waals surface area contributed by atoms with Crippen molar-refractivity contribution in [1.82, 2.24) is 0 Å². The SMILES string of the molecule is CCc1ccc2c(CC(=O)Nc3ccc(SC)cc3)coc2c1. The number of carbonyl (C=O) groups is 1. The molecule has 0 aliphatic heterocycles. The van der Waals surface area contributed by atoms with E-state index in [-0.39, 0.29) is 5.91 Å². The predicted octanol–water partition coefficient (Wildman–Crippen LogP) is 4.90. The first-order valence-corrected chi connectivity index (χ1v) is 8.85. The minimum Gasteiger partial charge on any atom is -0.464 e. The van der Waals surface area contributed by atoms with Crippen molar-refractivity contribution in [3.05, 3.63) is 59.9 Å². The van der Waals surface area contributed by atoms with Crippen LogP contribution >= 0.6 is 11.8 Å². The van der Waals surface area contributed by atoms with Crippen molar-refractivity contribution in [3.63, 3.8) is 0 Å². The third-order valence-corrected chi connectivity index (χ3v) is 4.60. The predicted molar refractivity (Wildman–Crippen MR) is 96.1 cm³/mol. The maximum absolute atomic E-state index is 12.2. The lowest BCUT2D eigenvalue weighted by molar-refractivity contribution is -0.115. The van der Waals surface area contributed by atoms with Gasteiger partial charge in [-0.15, -0.1) is 11.8 Å². The van der Waals surface area contributed by atoms with Crippen LogP contribution in [0.25, 0.3) is 11.0 Å². The molecule has 3 rings (SSSR count). The summed E-state index contributed by atoms with van der Waals surface area (Å²) in [6.45, 7) is 2.11. The molecule has 3 aromatic rings. The second kappa shape index (κ2) is 6.92. The number of amides is 1. The molecule has 3 nitrogen and oxygen atoms in total. The Balaban J connectivity index is 1.72. The third kappa shape index (κ3) is 3.59. The maximum Gasteiger partial charge on any atom is 0.228 e. The number of hydrogen-bond acceptors (Lipinski definition) is 3. The molecule has 0 atom stereocenters. The van der Waals surface area contributed by atoms with E-state index in [0.29, 0.717) is 6.42 Å². The fourth-order valence-corrected chi connectivity index (χ4v) is 2.95. The van der Waals surface area contributed by atoms with E-state index in [1.54, 1.807) is 18.0 Å². The zero-order valence-electron chi connectivity index (χ0n) is 13.3. The molecule has 1 N–H and O–H groups in total. The monoisotopic (exact) mass is 325 g/mol. The molecule has 2 aromatic carbocycles. The van der Waals surface area contributed by atoms with Crippen LogP contribution < -0.4 is 5.32 Å². The van der Waals surface area contributed by atoms with Crippen LogP contribution in [0.4, 0.5) is 5.69 Å². The van der Waals surface area contributed by atoms with Gasteiger partial charge >= 0.3 is 0 Å². The Kier molecular flexibility index (Phi) is 4.72. The molecule has 118 valence electrons. The third-order valence-electron chi connectivity index (χ3n) is 3.85. The number of furan rings is 1. The van der Waals surface area contributed by atoms with Crippen molar-refractivity contribution in [2.24, 2.45) is 0 Å². The van der Waals surface area contributed by atoms with Crippen molar-refractivity contribution in [1.29, 1.82) is 0 Å². The van der Waals surface area contributed by atoms with Gasteiger partial charge in [-0.05, 0) is 48.6 Å². The highest BCUT2D eigenvalue weighted by Crippen LogP contribution is 2.24. The summed E-state index contributed by atoms with van der Waals surface area (Å²) < 4.78 is 5.59. The zero-order valence-corrected chi connectivity index (χ0v) is 14.1. The van der Waals surface area contributed by atoms with Gasteiger partial charge in [0.15, 0.2) is 0 Å². The van der Waals surface area contributed by atoms with Crippen LogP contribution in [0.1, 0.15) is 18.1 Å². The fourth-order valence-electron chi connectivity index (χ4n) is 2.54. The second-order valence-corrected chi connectivity index (χ2v) is 6.28. The zero-order chi connectivity index (χ0) is 16.2. The van der Waals surface area contributed by atoms with Crippen LogP contribution in [-0.4, -0.2) is 12.2 Å². The molecule has 0 fully saturated rings. The Morgan fingerprint density at radius 3 is 2.65 bits per heavy atom. The number of nitrogens with one attached hydrogen (secondary N) is 1. The number of anilines is 1. The smallest absolute Gasteiger partial charge is 0.228 e. The van der Waals surface area contributed by atoms with E-state index in [2.05, 4.69) is 18.3 Å². The van der Waals surface area contributed by atoms with Gasteiger partial charge in [-0.25, -0.2) is 0 Å². The molecular weight excluding hydrogens is 306 g/mol. The lowest BCUT2D eigenvalue weighted by atomic mass is 10.1. The molecule has 0 saturated carbocycles. The highest BCUT2D eigenvalue weighted by atomic mass is 32.2. The molecule has 0 spiro atoms. The van der Waals surface area contributed by atoms with Crippen LogP contribution in [0, 0.1) is 0 Å². The molecule has 1 aromatic heterocycles. The molecule has 1 heterocycles. The van der Waals surface area contributed by atoms with E-state index in [4.69, 9.17) is 4.42 Å². The van der Waals surface area contributed by atoms with E-state index >= 15 is 0 Å². The molecule has 0 unspecified atom stereocenters. The van der Waals surface area contributed by atoms with Gasteiger partial charge in [-0.2, -0.15) is 0 Å². The Labute approximate surface area is 140 Å². The molecule has 4 heteroatoms. The average molecular weight is 325 g/mol. The number of hydrogen-bond donors (Lipinski definition) is 1. The van der Waals surface area contributed by atoms with Crippen molar-refractivity contribution in [2.75, 3.05) is 11.6 Å². The standard InChI is InChI=1S/C19H19NO2S/c1-3-13-4-9-17-14(12-22-18(17)10-13)11-19(21)20-15-5-7-16(23-2)8-6-15/h4-10,12H,3,11H2,1-2H3,(H,20,21). The van der Waals surface area contributed by atoms with Gasteiger partial charge in [-0.3, -0.25) is 4.79 Å². The first-order valence-electron chi connectivity index (χ1n) is 7.62. The van der Waals surface area contributed by atoms with Crippen LogP contribution in [0.2, 0.25) is 0 Å². The van der Waals surface area contributed by atoms with Crippen LogP contribution in [0.5, 0.6) is 0 Å². The van der Waals surface area contributed by atoms with Gasteiger partial charge in [0.25, 0.3) is 0 Å². The van der Waals surface area contributed by atoms with E-state index in [1.807, 2.05) is 42.7 Å². The largest absolute Gasteiger partial charge is 0.464 e. The first-order chi connectivity index (χ1) is 11.2. The van der Waals surface area contributed by atoms with Gasteiger partial charge in [-0.1, -0.05) is 19.1 Å². The highest BCUT2D eigenvalue weighted by Gasteiger charge is 2.11.